The third kappa shape index (κ3) is 9.87. The molecule has 0 aliphatic carbocycles. The second-order valence-electron chi connectivity index (χ2n) is 9.33. The van der Waals surface area contributed by atoms with E-state index in [-0.39, 0.29) is 18.3 Å². The highest BCUT2D eigenvalue weighted by Gasteiger charge is 2.25. The number of hydrogen-bond donors (Lipinski definition) is 1. The van der Waals surface area contributed by atoms with Crippen LogP contribution >= 0.6 is 12.4 Å². The molecule has 1 aliphatic rings. The maximum Gasteiger partial charge on any atom is 0.258 e. The molecule has 1 N–H and O–H groups in total. The molecule has 3 aromatic carbocycles. The Morgan fingerprint density at radius 1 is 1.02 bits per heavy atom. The Bertz CT molecular complexity index is 1190. The van der Waals surface area contributed by atoms with Crippen LogP contribution in [0, 0.1) is 17.2 Å². The van der Waals surface area contributed by atoms with Gasteiger partial charge in [-0.2, -0.15) is 5.26 Å². The van der Waals surface area contributed by atoms with E-state index >= 15 is 0 Å². The van der Waals surface area contributed by atoms with E-state index in [1.807, 2.05) is 18.2 Å². The second-order valence-corrected chi connectivity index (χ2v) is 9.33. The number of methoxy groups -OCH3 is 2. The van der Waals surface area contributed by atoms with Crippen LogP contribution in [0.5, 0.6) is 11.5 Å². The molecule has 0 saturated carbocycles. The summed E-state index contributed by atoms with van der Waals surface area (Å²) in [5.74, 6) is 1.38. The van der Waals surface area contributed by atoms with Gasteiger partial charge in [0.05, 0.1) is 25.3 Å². The van der Waals surface area contributed by atoms with Gasteiger partial charge in [-0.05, 0) is 79.9 Å². The Morgan fingerprint density at radius 3 is 2.35 bits per heavy atom. The zero-order chi connectivity index (χ0) is 27.9. The Labute approximate surface area is 244 Å². The van der Waals surface area contributed by atoms with Crippen molar-refractivity contribution in [1.82, 2.24) is 5.32 Å². The van der Waals surface area contributed by atoms with Gasteiger partial charge < -0.3 is 24.4 Å². The quantitative estimate of drug-likeness (QED) is 0.291. The van der Waals surface area contributed by atoms with Crippen molar-refractivity contribution in [2.75, 3.05) is 52.0 Å². The molecular weight excluding hydrogens is 526 g/mol. The minimum Gasteiger partial charge on any atom is -0.493 e. The van der Waals surface area contributed by atoms with Crippen LogP contribution in [0.3, 0.4) is 0 Å². The molecule has 0 aromatic heterocycles. The monoisotopic (exact) mass is 565 g/mol. The summed E-state index contributed by atoms with van der Waals surface area (Å²) in [6.45, 7) is 5.68. The van der Waals surface area contributed by atoms with Crippen LogP contribution < -0.4 is 19.7 Å². The average Bonchev–Trinajstić information content (AvgIpc) is 3.52. The van der Waals surface area contributed by atoms with Gasteiger partial charge in [-0.3, -0.25) is 4.79 Å². The molecule has 1 saturated heterocycles. The highest BCUT2D eigenvalue weighted by atomic mass is 35.5. The predicted molar refractivity (Wildman–Crippen MR) is 162 cm³/mol. The zero-order valence-electron chi connectivity index (χ0n) is 23.6. The number of ether oxygens (including phenoxy) is 3. The van der Waals surface area contributed by atoms with E-state index < -0.39 is 0 Å². The molecule has 8 heteroatoms. The Morgan fingerprint density at radius 2 is 1.77 bits per heavy atom. The summed E-state index contributed by atoms with van der Waals surface area (Å²) >= 11 is 0. The van der Waals surface area contributed by atoms with E-state index in [0.29, 0.717) is 48.3 Å². The lowest BCUT2D eigenvalue weighted by atomic mass is 10.1. The normalized spacial score (nSPS) is 13.7. The van der Waals surface area contributed by atoms with E-state index in [1.54, 1.807) is 49.5 Å². The number of nitrogens with zero attached hydrogens (tertiary/aromatic N) is 2. The number of nitriles is 1. The maximum atomic E-state index is 13.5. The molecule has 4 rings (SSSR count). The third-order valence-electron chi connectivity index (χ3n) is 6.57. The molecule has 214 valence electrons. The first-order chi connectivity index (χ1) is 19.1. The topological polar surface area (TPSA) is 83.8 Å². The summed E-state index contributed by atoms with van der Waals surface area (Å²) in [5.41, 5.74) is 3.27. The molecular formula is C32H40ClN3O4. The molecule has 1 fully saturated rings. The van der Waals surface area contributed by atoms with Crippen molar-refractivity contribution in [2.24, 2.45) is 5.92 Å². The smallest absolute Gasteiger partial charge is 0.258 e. The van der Waals surface area contributed by atoms with Gasteiger partial charge in [-0.25, -0.2) is 0 Å². The van der Waals surface area contributed by atoms with Crippen LogP contribution in [0.2, 0.25) is 0 Å². The Balaban J connectivity index is 0.000000535. The van der Waals surface area contributed by atoms with E-state index in [0.717, 1.165) is 38.0 Å². The van der Waals surface area contributed by atoms with Crippen molar-refractivity contribution >= 4 is 24.0 Å². The molecule has 1 atom stereocenters. The van der Waals surface area contributed by atoms with E-state index in [1.165, 1.54) is 5.56 Å². The standard InChI is InChI=1S/C24H29N3O4.C8H10.ClH/c1-29-12-3-13-31-23-14-20(6-9-22(23)30-2)24(28)27(17-19-10-11-26-16-19)21-7-4-18(15-25)5-8-21;1-2-8-6-4-3-5-7-8;/h4-9,14,19,26H,3,10-13,16-17H2,1-2H3;3-7H,2H2,1H3;1H. The molecule has 1 amide bonds. The first-order valence-corrected chi connectivity index (χ1v) is 13.5. The molecule has 0 bridgehead atoms. The van der Waals surface area contributed by atoms with E-state index in [9.17, 15) is 4.79 Å². The van der Waals surface area contributed by atoms with Crippen molar-refractivity contribution in [1.29, 1.82) is 5.26 Å². The number of anilines is 1. The average molecular weight is 566 g/mol. The minimum atomic E-state index is -0.110. The number of hydrogen-bond acceptors (Lipinski definition) is 6. The third-order valence-corrected chi connectivity index (χ3v) is 6.57. The van der Waals surface area contributed by atoms with Gasteiger partial charge in [-0.1, -0.05) is 37.3 Å². The molecule has 40 heavy (non-hydrogen) atoms. The fourth-order valence-corrected chi connectivity index (χ4v) is 4.33. The fourth-order valence-electron chi connectivity index (χ4n) is 4.33. The summed E-state index contributed by atoms with van der Waals surface area (Å²) in [7, 11) is 3.23. The Kier molecular flexibility index (Phi) is 14.6. The summed E-state index contributed by atoms with van der Waals surface area (Å²) < 4.78 is 16.3. The number of amides is 1. The number of nitrogens with one attached hydrogen (secondary N) is 1. The van der Waals surface area contributed by atoms with Crippen molar-refractivity contribution in [3.05, 3.63) is 89.5 Å². The second kappa shape index (κ2) is 17.9. The minimum absolute atomic E-state index is 0. The van der Waals surface area contributed by atoms with Gasteiger partial charge >= 0.3 is 0 Å². The number of benzene rings is 3. The van der Waals surface area contributed by atoms with Gasteiger partial charge in [0.2, 0.25) is 0 Å². The largest absolute Gasteiger partial charge is 0.493 e. The van der Waals surface area contributed by atoms with Gasteiger partial charge in [0, 0.05) is 37.9 Å². The first-order valence-electron chi connectivity index (χ1n) is 13.5. The summed E-state index contributed by atoms with van der Waals surface area (Å²) in [6, 6.07) is 24.9. The lowest BCUT2D eigenvalue weighted by Crippen LogP contribution is -2.36. The molecule has 7 nitrogen and oxygen atoms in total. The van der Waals surface area contributed by atoms with Crippen LogP contribution in [-0.4, -0.2) is 53.0 Å². The highest BCUT2D eigenvalue weighted by molar-refractivity contribution is 6.06. The van der Waals surface area contributed by atoms with Crippen LogP contribution in [0.1, 0.15) is 41.3 Å². The predicted octanol–water partition coefficient (Wildman–Crippen LogP) is 5.91. The maximum absolute atomic E-state index is 13.5. The van der Waals surface area contributed by atoms with Crippen LogP contribution in [0.4, 0.5) is 5.69 Å². The van der Waals surface area contributed by atoms with Gasteiger partial charge in [0.25, 0.3) is 5.91 Å². The molecule has 1 unspecified atom stereocenters. The summed E-state index contributed by atoms with van der Waals surface area (Å²) in [4.78, 5) is 15.3. The van der Waals surface area contributed by atoms with Crippen LogP contribution in [0.25, 0.3) is 0 Å². The molecule has 1 heterocycles. The van der Waals surface area contributed by atoms with E-state index in [4.69, 9.17) is 19.5 Å². The molecule has 1 aliphatic heterocycles. The van der Waals surface area contributed by atoms with Crippen LogP contribution in [-0.2, 0) is 11.2 Å². The van der Waals surface area contributed by atoms with Gasteiger partial charge in [0.1, 0.15) is 0 Å². The van der Waals surface area contributed by atoms with Crippen molar-refractivity contribution in [2.45, 2.75) is 26.2 Å². The fraction of sp³-hybridized carbons (Fsp3) is 0.375. The van der Waals surface area contributed by atoms with Crippen molar-refractivity contribution in [3.8, 4) is 17.6 Å². The number of rotatable bonds is 11. The lowest BCUT2D eigenvalue weighted by molar-refractivity contribution is 0.0982. The number of carbonyl (C=O) groups is 1. The Hall–Kier alpha value is -3.57. The van der Waals surface area contributed by atoms with Gasteiger partial charge in [-0.15, -0.1) is 12.4 Å². The highest BCUT2D eigenvalue weighted by Crippen LogP contribution is 2.30. The van der Waals surface area contributed by atoms with Crippen LogP contribution in [0.15, 0.2) is 72.8 Å². The first kappa shape index (κ1) is 32.6. The zero-order valence-corrected chi connectivity index (χ0v) is 24.4. The number of carbonyl (C=O) groups excluding carboxylic acids is 1. The van der Waals surface area contributed by atoms with E-state index in [2.05, 4.69) is 42.6 Å². The molecule has 0 radical (unpaired) electrons. The van der Waals surface area contributed by atoms with Crippen molar-refractivity contribution < 1.29 is 19.0 Å². The molecule has 0 spiro atoms. The number of halogens is 1. The van der Waals surface area contributed by atoms with Gasteiger partial charge in [0.15, 0.2) is 11.5 Å². The summed E-state index contributed by atoms with van der Waals surface area (Å²) in [5, 5.41) is 12.5. The SMILES string of the molecule is CCc1ccccc1.COCCCOc1cc(C(=O)N(CC2CCNC2)c2ccc(C#N)cc2)ccc1OC.Cl. The number of aryl methyl sites for hydroxylation is 1. The lowest BCUT2D eigenvalue weighted by Gasteiger charge is -2.26. The van der Waals surface area contributed by atoms with Crippen molar-refractivity contribution in [3.63, 3.8) is 0 Å². The molecule has 3 aromatic rings. The summed E-state index contributed by atoms with van der Waals surface area (Å²) in [6.07, 6.45) is 2.90.